The van der Waals surface area contributed by atoms with Gasteiger partial charge in [0.1, 0.15) is 0 Å². The third kappa shape index (κ3) is 3.16. The standard InChI is InChI=1S/C20H22N2/c1-20(2,3)22-21-14-16-9-5-7-11-18(16)19-13-12-15-8-4-6-10-17(15)19/h4-13,19H,14H2,1-3H3. The summed E-state index contributed by atoms with van der Waals surface area (Å²) in [5.41, 5.74) is 5.16. The molecule has 0 aromatic heterocycles. The van der Waals surface area contributed by atoms with Crippen LogP contribution in [0.5, 0.6) is 0 Å². The molecule has 1 atom stereocenters. The van der Waals surface area contributed by atoms with Gasteiger partial charge in [-0.15, -0.1) is 0 Å². The zero-order valence-corrected chi connectivity index (χ0v) is 13.5. The zero-order chi connectivity index (χ0) is 15.6. The van der Waals surface area contributed by atoms with Crippen LogP contribution in [0.3, 0.4) is 0 Å². The molecule has 2 aromatic rings. The molecule has 0 saturated heterocycles. The van der Waals surface area contributed by atoms with Gasteiger partial charge < -0.3 is 0 Å². The lowest BCUT2D eigenvalue weighted by Crippen LogP contribution is -2.08. The second-order valence-electron chi connectivity index (χ2n) is 6.73. The van der Waals surface area contributed by atoms with Crippen LogP contribution in [0.25, 0.3) is 6.08 Å². The van der Waals surface area contributed by atoms with Crippen molar-refractivity contribution < 1.29 is 0 Å². The average molecular weight is 290 g/mol. The van der Waals surface area contributed by atoms with Crippen molar-refractivity contribution in [1.82, 2.24) is 0 Å². The summed E-state index contributed by atoms with van der Waals surface area (Å²) in [5, 5.41) is 8.77. The first-order valence-electron chi connectivity index (χ1n) is 7.78. The first kappa shape index (κ1) is 14.7. The molecule has 0 saturated carbocycles. The molecular weight excluding hydrogens is 268 g/mol. The van der Waals surface area contributed by atoms with Gasteiger partial charge in [0.25, 0.3) is 0 Å². The van der Waals surface area contributed by atoms with E-state index in [1.165, 1.54) is 22.3 Å². The molecule has 3 rings (SSSR count). The summed E-state index contributed by atoms with van der Waals surface area (Å²) in [6.07, 6.45) is 4.50. The van der Waals surface area contributed by atoms with Crippen LogP contribution in [-0.4, -0.2) is 5.54 Å². The van der Waals surface area contributed by atoms with E-state index in [0.29, 0.717) is 12.5 Å². The second kappa shape index (κ2) is 5.88. The molecule has 0 N–H and O–H groups in total. The molecule has 0 radical (unpaired) electrons. The van der Waals surface area contributed by atoms with Crippen LogP contribution in [-0.2, 0) is 6.54 Å². The van der Waals surface area contributed by atoms with E-state index in [2.05, 4.69) is 91.7 Å². The van der Waals surface area contributed by atoms with E-state index in [0.717, 1.165) is 0 Å². The van der Waals surface area contributed by atoms with Crippen molar-refractivity contribution in [3.8, 4) is 0 Å². The fourth-order valence-corrected chi connectivity index (χ4v) is 2.83. The maximum absolute atomic E-state index is 4.40. The molecule has 1 aliphatic carbocycles. The third-order valence-electron chi connectivity index (χ3n) is 3.80. The molecular formula is C20H22N2. The van der Waals surface area contributed by atoms with E-state index in [4.69, 9.17) is 0 Å². The topological polar surface area (TPSA) is 24.7 Å². The fourth-order valence-electron chi connectivity index (χ4n) is 2.83. The molecule has 1 unspecified atom stereocenters. The van der Waals surface area contributed by atoms with Crippen LogP contribution < -0.4 is 0 Å². The molecule has 1 aliphatic rings. The lowest BCUT2D eigenvalue weighted by molar-refractivity contribution is 0.537. The van der Waals surface area contributed by atoms with Crippen LogP contribution in [0, 0.1) is 0 Å². The Labute approximate surface area is 132 Å². The number of azo groups is 1. The number of benzene rings is 2. The molecule has 0 aliphatic heterocycles. The van der Waals surface area contributed by atoms with Gasteiger partial charge in [-0.25, -0.2) is 0 Å². The summed E-state index contributed by atoms with van der Waals surface area (Å²) in [4.78, 5) is 0. The smallest absolute Gasteiger partial charge is 0.0852 e. The minimum atomic E-state index is -0.116. The van der Waals surface area contributed by atoms with Crippen molar-refractivity contribution in [3.05, 3.63) is 76.9 Å². The number of hydrogen-bond acceptors (Lipinski definition) is 2. The van der Waals surface area contributed by atoms with Gasteiger partial charge in [-0.05, 0) is 43.0 Å². The van der Waals surface area contributed by atoms with Crippen LogP contribution in [0.1, 0.15) is 48.9 Å². The van der Waals surface area contributed by atoms with Crippen LogP contribution in [0.15, 0.2) is 64.8 Å². The quantitative estimate of drug-likeness (QED) is 0.658. The van der Waals surface area contributed by atoms with E-state index >= 15 is 0 Å². The highest BCUT2D eigenvalue weighted by atomic mass is 15.1. The number of hydrogen-bond donors (Lipinski definition) is 0. The average Bonchev–Trinajstić information content (AvgIpc) is 2.90. The Kier molecular flexibility index (Phi) is 3.93. The van der Waals surface area contributed by atoms with E-state index in [9.17, 15) is 0 Å². The third-order valence-corrected chi connectivity index (χ3v) is 3.80. The summed E-state index contributed by atoms with van der Waals surface area (Å²) in [5.74, 6) is 0.331. The Morgan fingerprint density at radius 3 is 2.36 bits per heavy atom. The van der Waals surface area contributed by atoms with Gasteiger partial charge in [0, 0.05) is 5.92 Å². The Balaban J connectivity index is 1.90. The zero-order valence-electron chi connectivity index (χ0n) is 13.5. The predicted molar refractivity (Wildman–Crippen MR) is 92.1 cm³/mol. The first-order chi connectivity index (χ1) is 10.5. The summed E-state index contributed by atoms with van der Waals surface area (Å²) in [6.45, 7) is 6.84. The molecule has 0 fully saturated rings. The summed E-state index contributed by atoms with van der Waals surface area (Å²) < 4.78 is 0. The van der Waals surface area contributed by atoms with Gasteiger partial charge in [0.05, 0.1) is 12.1 Å². The Morgan fingerprint density at radius 1 is 0.909 bits per heavy atom. The maximum Gasteiger partial charge on any atom is 0.0852 e. The van der Waals surface area contributed by atoms with Gasteiger partial charge in [-0.2, -0.15) is 10.2 Å². The number of rotatable bonds is 3. The highest BCUT2D eigenvalue weighted by Gasteiger charge is 2.20. The Bertz CT molecular complexity index is 720. The minimum Gasteiger partial charge on any atom is -0.189 e. The van der Waals surface area contributed by atoms with Gasteiger partial charge in [-0.1, -0.05) is 60.7 Å². The van der Waals surface area contributed by atoms with Crippen molar-refractivity contribution in [1.29, 1.82) is 0 Å². The maximum atomic E-state index is 4.40. The van der Waals surface area contributed by atoms with E-state index in [-0.39, 0.29) is 5.54 Å². The normalized spacial score (nSPS) is 17.1. The Hall–Kier alpha value is -2.22. The Morgan fingerprint density at radius 2 is 1.59 bits per heavy atom. The van der Waals surface area contributed by atoms with Crippen molar-refractivity contribution in [2.75, 3.05) is 0 Å². The van der Waals surface area contributed by atoms with Crippen LogP contribution in [0.2, 0.25) is 0 Å². The fraction of sp³-hybridized carbons (Fsp3) is 0.300. The lowest BCUT2D eigenvalue weighted by atomic mass is 9.90. The van der Waals surface area contributed by atoms with Crippen molar-refractivity contribution >= 4 is 6.08 Å². The van der Waals surface area contributed by atoms with Crippen molar-refractivity contribution in [2.24, 2.45) is 10.2 Å². The molecule has 2 aromatic carbocycles. The lowest BCUT2D eigenvalue weighted by Gasteiger charge is -2.15. The van der Waals surface area contributed by atoms with E-state index in [1.807, 2.05) is 0 Å². The van der Waals surface area contributed by atoms with Gasteiger partial charge in [-0.3, -0.25) is 0 Å². The van der Waals surface area contributed by atoms with Crippen molar-refractivity contribution in [3.63, 3.8) is 0 Å². The second-order valence-corrected chi connectivity index (χ2v) is 6.73. The highest BCUT2D eigenvalue weighted by Crippen LogP contribution is 2.36. The number of nitrogens with zero attached hydrogens (tertiary/aromatic N) is 2. The van der Waals surface area contributed by atoms with Crippen LogP contribution in [0.4, 0.5) is 0 Å². The minimum absolute atomic E-state index is 0.116. The first-order valence-corrected chi connectivity index (χ1v) is 7.78. The van der Waals surface area contributed by atoms with E-state index in [1.54, 1.807) is 0 Å². The molecule has 112 valence electrons. The summed E-state index contributed by atoms with van der Waals surface area (Å²) in [7, 11) is 0. The SMILES string of the molecule is CC(C)(C)N=NCc1ccccc1C1C=Cc2ccccc21. The molecule has 0 amide bonds. The number of fused-ring (bicyclic) bond motifs is 1. The van der Waals surface area contributed by atoms with Gasteiger partial charge in [0.2, 0.25) is 0 Å². The molecule has 22 heavy (non-hydrogen) atoms. The molecule has 0 spiro atoms. The molecule has 2 heteroatoms. The van der Waals surface area contributed by atoms with Gasteiger partial charge >= 0.3 is 0 Å². The highest BCUT2D eigenvalue weighted by molar-refractivity contribution is 5.65. The molecule has 0 heterocycles. The summed E-state index contributed by atoms with van der Waals surface area (Å²) in [6, 6.07) is 17.1. The van der Waals surface area contributed by atoms with Crippen molar-refractivity contribution in [2.45, 2.75) is 38.8 Å². The predicted octanol–water partition coefficient (Wildman–Crippen LogP) is 5.60. The summed E-state index contributed by atoms with van der Waals surface area (Å²) >= 11 is 0. The molecule has 0 bridgehead atoms. The molecule has 2 nitrogen and oxygen atoms in total. The van der Waals surface area contributed by atoms with Gasteiger partial charge in [0.15, 0.2) is 0 Å². The van der Waals surface area contributed by atoms with E-state index < -0.39 is 0 Å². The van der Waals surface area contributed by atoms with Crippen LogP contribution >= 0.6 is 0 Å². The number of allylic oxidation sites excluding steroid dienone is 1. The monoisotopic (exact) mass is 290 g/mol. The largest absolute Gasteiger partial charge is 0.189 e.